The molecule has 3 rings (SSSR count). The van der Waals surface area contributed by atoms with Gasteiger partial charge in [0.25, 0.3) is 5.56 Å². The van der Waals surface area contributed by atoms with Gasteiger partial charge in [0, 0.05) is 26.7 Å². The zero-order valence-electron chi connectivity index (χ0n) is 16.9. The van der Waals surface area contributed by atoms with Crippen molar-refractivity contribution in [2.24, 2.45) is 14.1 Å². The van der Waals surface area contributed by atoms with Crippen molar-refractivity contribution >= 4 is 11.6 Å². The molecule has 7 nitrogen and oxygen atoms in total. The van der Waals surface area contributed by atoms with Crippen LogP contribution in [0.15, 0.2) is 33.9 Å². The van der Waals surface area contributed by atoms with Crippen LogP contribution in [-0.2, 0) is 20.6 Å². The number of aromatic nitrogens is 2. The van der Waals surface area contributed by atoms with Gasteiger partial charge in [0.1, 0.15) is 17.2 Å². The van der Waals surface area contributed by atoms with Crippen LogP contribution < -0.4 is 17.0 Å². The fraction of sp³-hybridized carbons (Fsp3) is 0.476. The molecule has 1 saturated carbocycles. The maximum absolute atomic E-state index is 13.3. The molecule has 0 saturated heterocycles. The second kappa shape index (κ2) is 8.73. The average Bonchev–Trinajstić information content (AvgIpc) is 2.72. The Labute approximate surface area is 168 Å². The molecule has 29 heavy (non-hydrogen) atoms. The number of hydrogen-bond donors (Lipinski definition) is 1. The Hall–Kier alpha value is -2.74. The normalized spacial score (nSPS) is 15.0. The molecule has 0 spiro atoms. The van der Waals surface area contributed by atoms with Crippen molar-refractivity contribution in [3.63, 3.8) is 0 Å². The van der Waals surface area contributed by atoms with Crippen LogP contribution in [0.4, 0.5) is 10.2 Å². The number of nitrogens with zero attached hydrogens (tertiary/aromatic N) is 3. The van der Waals surface area contributed by atoms with E-state index in [1.165, 1.54) is 32.6 Å². The summed E-state index contributed by atoms with van der Waals surface area (Å²) in [5.41, 5.74) is 5.43. The lowest BCUT2D eigenvalue weighted by atomic mass is 9.93. The van der Waals surface area contributed by atoms with Crippen LogP contribution >= 0.6 is 0 Å². The predicted octanol–water partition coefficient (Wildman–Crippen LogP) is 1.82. The Balaban J connectivity index is 1.91. The number of anilines is 1. The maximum atomic E-state index is 13.3. The fourth-order valence-corrected chi connectivity index (χ4v) is 3.97. The molecular formula is C21H27FN4O3. The largest absolute Gasteiger partial charge is 0.384 e. The van der Waals surface area contributed by atoms with Crippen LogP contribution in [0.25, 0.3) is 0 Å². The van der Waals surface area contributed by atoms with Gasteiger partial charge < -0.3 is 5.73 Å². The molecule has 0 aliphatic heterocycles. The highest BCUT2D eigenvalue weighted by molar-refractivity contribution is 6.01. The molecule has 0 unspecified atom stereocenters. The summed E-state index contributed by atoms with van der Waals surface area (Å²) in [6.45, 7) is 0.488. The van der Waals surface area contributed by atoms with Gasteiger partial charge in [0.05, 0.1) is 6.54 Å². The number of carbonyl (C=O) groups excluding carboxylic acids is 1. The Morgan fingerprint density at radius 3 is 2.34 bits per heavy atom. The zero-order valence-corrected chi connectivity index (χ0v) is 16.9. The summed E-state index contributed by atoms with van der Waals surface area (Å²) in [6, 6.07) is 6.41. The first-order valence-electron chi connectivity index (χ1n) is 9.86. The highest BCUT2D eigenvalue weighted by atomic mass is 19.1. The molecule has 156 valence electrons. The summed E-state index contributed by atoms with van der Waals surface area (Å²) < 4.78 is 15.3. The van der Waals surface area contributed by atoms with Gasteiger partial charge in [-0.25, -0.2) is 9.18 Å². The molecule has 1 heterocycles. The van der Waals surface area contributed by atoms with Gasteiger partial charge in [-0.15, -0.1) is 0 Å². The van der Waals surface area contributed by atoms with E-state index in [0.717, 1.165) is 40.4 Å². The van der Waals surface area contributed by atoms with Crippen LogP contribution in [0.1, 0.15) is 48.0 Å². The lowest BCUT2D eigenvalue weighted by Crippen LogP contribution is -2.45. The number of nitrogens with two attached hydrogens (primary N) is 1. The van der Waals surface area contributed by atoms with Gasteiger partial charge in [-0.3, -0.25) is 23.6 Å². The number of halogens is 1. The first-order valence-corrected chi connectivity index (χ1v) is 9.86. The summed E-state index contributed by atoms with van der Waals surface area (Å²) in [5.74, 6) is -0.838. The number of rotatable bonds is 6. The van der Waals surface area contributed by atoms with Crippen LogP contribution in [0, 0.1) is 5.82 Å². The molecule has 1 fully saturated rings. The monoisotopic (exact) mass is 402 g/mol. The van der Waals surface area contributed by atoms with Gasteiger partial charge >= 0.3 is 5.69 Å². The molecule has 1 aliphatic rings. The first-order chi connectivity index (χ1) is 13.8. The Bertz CT molecular complexity index is 1000. The van der Waals surface area contributed by atoms with E-state index in [1.807, 2.05) is 4.90 Å². The molecule has 1 aromatic heterocycles. The minimum absolute atomic E-state index is 0.0136. The molecule has 0 bridgehead atoms. The predicted molar refractivity (Wildman–Crippen MR) is 109 cm³/mol. The Kier molecular flexibility index (Phi) is 6.32. The van der Waals surface area contributed by atoms with Crippen molar-refractivity contribution in [1.29, 1.82) is 0 Å². The number of hydrogen-bond acceptors (Lipinski definition) is 5. The summed E-state index contributed by atoms with van der Waals surface area (Å²) in [6.07, 6.45) is 5.28. The second-order valence-electron chi connectivity index (χ2n) is 7.71. The maximum Gasteiger partial charge on any atom is 0.332 e. The van der Waals surface area contributed by atoms with Crippen LogP contribution in [-0.4, -0.2) is 32.4 Å². The topological polar surface area (TPSA) is 90.3 Å². The van der Waals surface area contributed by atoms with E-state index < -0.39 is 17.0 Å². The molecule has 1 aliphatic carbocycles. The number of Topliss-reactive ketones (excluding diaryl/α,β-unsaturated/α-hetero) is 1. The van der Waals surface area contributed by atoms with Gasteiger partial charge in [-0.1, -0.05) is 31.4 Å². The van der Waals surface area contributed by atoms with Crippen LogP contribution in [0.3, 0.4) is 0 Å². The SMILES string of the molecule is Cn1c(N)c(C(=O)CN(Cc2ccc(F)cc2)C2CCCCC2)c(=O)n(C)c1=O. The minimum atomic E-state index is -0.680. The van der Waals surface area contributed by atoms with E-state index >= 15 is 0 Å². The summed E-state index contributed by atoms with van der Waals surface area (Å²) in [7, 11) is 2.77. The summed E-state index contributed by atoms with van der Waals surface area (Å²) in [5, 5.41) is 0. The number of carbonyl (C=O) groups is 1. The van der Waals surface area contributed by atoms with E-state index in [4.69, 9.17) is 5.73 Å². The molecule has 0 amide bonds. The van der Waals surface area contributed by atoms with Crippen molar-refractivity contribution in [2.45, 2.75) is 44.7 Å². The lowest BCUT2D eigenvalue weighted by molar-refractivity contribution is 0.0842. The van der Waals surface area contributed by atoms with E-state index in [9.17, 15) is 18.8 Å². The Morgan fingerprint density at radius 2 is 1.72 bits per heavy atom. The number of nitrogen functional groups attached to an aromatic ring is 1. The first kappa shape index (κ1) is 21.0. The van der Waals surface area contributed by atoms with E-state index in [0.29, 0.717) is 6.54 Å². The third-order valence-electron chi connectivity index (χ3n) is 5.73. The summed E-state index contributed by atoms with van der Waals surface area (Å²) >= 11 is 0. The van der Waals surface area contributed by atoms with Crippen LogP contribution in [0.2, 0.25) is 0 Å². The third-order valence-corrected chi connectivity index (χ3v) is 5.73. The van der Waals surface area contributed by atoms with Crippen molar-refractivity contribution in [3.8, 4) is 0 Å². The van der Waals surface area contributed by atoms with E-state index in [2.05, 4.69) is 0 Å². The summed E-state index contributed by atoms with van der Waals surface area (Å²) in [4.78, 5) is 39.7. The molecular weight excluding hydrogens is 375 g/mol. The molecule has 2 N–H and O–H groups in total. The smallest absolute Gasteiger partial charge is 0.332 e. The van der Waals surface area contributed by atoms with Gasteiger partial charge in [0.15, 0.2) is 5.78 Å². The number of ketones is 1. The standard InChI is InChI=1S/C21H27FN4O3/c1-24-19(23)18(20(28)25(2)21(24)29)17(27)13-26(16-6-4-3-5-7-16)12-14-8-10-15(22)11-9-14/h8-11,16H,3-7,12-13,23H2,1-2H3. The van der Waals surface area contributed by atoms with Gasteiger partial charge in [0.2, 0.25) is 0 Å². The zero-order chi connectivity index (χ0) is 21.1. The molecule has 8 heteroatoms. The molecule has 1 aromatic carbocycles. The van der Waals surface area contributed by atoms with E-state index in [-0.39, 0.29) is 29.8 Å². The molecule has 0 atom stereocenters. The minimum Gasteiger partial charge on any atom is -0.384 e. The van der Waals surface area contributed by atoms with Crippen LogP contribution in [0.5, 0.6) is 0 Å². The quantitative estimate of drug-likeness (QED) is 0.745. The third kappa shape index (κ3) is 4.48. The van der Waals surface area contributed by atoms with Crippen molar-refractivity contribution < 1.29 is 9.18 Å². The Morgan fingerprint density at radius 1 is 1.10 bits per heavy atom. The van der Waals surface area contributed by atoms with Crippen molar-refractivity contribution in [3.05, 3.63) is 62.0 Å². The van der Waals surface area contributed by atoms with Gasteiger partial charge in [-0.05, 0) is 30.5 Å². The highest BCUT2D eigenvalue weighted by Gasteiger charge is 2.27. The lowest BCUT2D eigenvalue weighted by Gasteiger charge is -2.34. The molecule has 2 aromatic rings. The van der Waals surface area contributed by atoms with Gasteiger partial charge in [-0.2, -0.15) is 0 Å². The molecule has 0 radical (unpaired) electrons. The number of benzene rings is 1. The van der Waals surface area contributed by atoms with Crippen molar-refractivity contribution in [2.75, 3.05) is 12.3 Å². The fourth-order valence-electron chi connectivity index (χ4n) is 3.97. The van der Waals surface area contributed by atoms with Crippen molar-refractivity contribution in [1.82, 2.24) is 14.0 Å². The second-order valence-corrected chi connectivity index (χ2v) is 7.71. The average molecular weight is 402 g/mol. The highest BCUT2D eigenvalue weighted by Crippen LogP contribution is 2.24. The van der Waals surface area contributed by atoms with E-state index in [1.54, 1.807) is 12.1 Å².